The third kappa shape index (κ3) is 4.14. The zero-order valence-corrected chi connectivity index (χ0v) is 12.9. The first-order valence-corrected chi connectivity index (χ1v) is 7.60. The highest BCUT2D eigenvalue weighted by atomic mass is 32.2. The molecule has 0 radical (unpaired) electrons. The van der Waals surface area contributed by atoms with E-state index in [0.717, 1.165) is 16.1 Å². The fraction of sp³-hybridized carbons (Fsp3) is 0.235. The summed E-state index contributed by atoms with van der Waals surface area (Å²) in [5, 5.41) is 2.92. The molecule has 20 heavy (non-hydrogen) atoms. The van der Waals surface area contributed by atoms with Gasteiger partial charge >= 0.3 is 0 Å². The van der Waals surface area contributed by atoms with Crippen LogP contribution in [-0.2, 0) is 4.79 Å². The van der Waals surface area contributed by atoms with Gasteiger partial charge in [0.05, 0.1) is 5.75 Å². The van der Waals surface area contributed by atoms with Crippen LogP contribution < -0.4 is 5.32 Å². The molecule has 1 amide bonds. The van der Waals surface area contributed by atoms with Crippen LogP contribution in [0.25, 0.3) is 0 Å². The van der Waals surface area contributed by atoms with Gasteiger partial charge in [-0.3, -0.25) is 4.79 Å². The molecule has 0 spiro atoms. The Kier molecular flexibility index (Phi) is 4.85. The highest BCUT2D eigenvalue weighted by Crippen LogP contribution is 2.21. The highest BCUT2D eigenvalue weighted by Gasteiger charge is 2.04. The molecule has 2 aromatic carbocycles. The van der Waals surface area contributed by atoms with Crippen LogP contribution in [0.15, 0.2) is 47.4 Å². The van der Waals surface area contributed by atoms with Gasteiger partial charge in [-0.1, -0.05) is 18.2 Å². The number of hydrogen-bond donors (Lipinski definition) is 1. The van der Waals surface area contributed by atoms with Gasteiger partial charge in [0, 0.05) is 10.6 Å². The lowest BCUT2D eigenvalue weighted by Crippen LogP contribution is -2.13. The van der Waals surface area contributed by atoms with E-state index in [1.54, 1.807) is 11.8 Å². The molecule has 0 aliphatic carbocycles. The second kappa shape index (κ2) is 6.62. The summed E-state index contributed by atoms with van der Waals surface area (Å²) in [6, 6.07) is 14.1. The maximum atomic E-state index is 11.9. The van der Waals surface area contributed by atoms with Crippen molar-refractivity contribution >= 4 is 23.4 Å². The quantitative estimate of drug-likeness (QED) is 0.847. The third-order valence-electron chi connectivity index (χ3n) is 3.15. The lowest BCUT2D eigenvalue weighted by atomic mass is 10.1. The van der Waals surface area contributed by atoms with Crippen molar-refractivity contribution in [3.8, 4) is 0 Å². The Labute approximate surface area is 124 Å². The lowest BCUT2D eigenvalue weighted by Gasteiger charge is -2.07. The van der Waals surface area contributed by atoms with Crippen LogP contribution in [0.5, 0.6) is 0 Å². The molecule has 0 unspecified atom stereocenters. The number of carbonyl (C=O) groups is 1. The summed E-state index contributed by atoms with van der Waals surface area (Å²) in [6.07, 6.45) is 0. The first-order chi connectivity index (χ1) is 9.54. The van der Waals surface area contributed by atoms with Gasteiger partial charge in [0.25, 0.3) is 0 Å². The zero-order valence-electron chi connectivity index (χ0n) is 12.1. The second-order valence-corrected chi connectivity index (χ2v) is 6.00. The number of rotatable bonds is 4. The van der Waals surface area contributed by atoms with Crippen molar-refractivity contribution in [1.29, 1.82) is 0 Å². The third-order valence-corrected chi connectivity index (χ3v) is 4.14. The Balaban J connectivity index is 1.90. The molecule has 2 aromatic rings. The molecular weight excluding hydrogens is 266 g/mol. The van der Waals surface area contributed by atoms with E-state index >= 15 is 0 Å². The van der Waals surface area contributed by atoms with E-state index in [-0.39, 0.29) is 5.91 Å². The van der Waals surface area contributed by atoms with Gasteiger partial charge in [-0.2, -0.15) is 0 Å². The molecule has 0 saturated heterocycles. The predicted octanol–water partition coefficient (Wildman–Crippen LogP) is 4.34. The van der Waals surface area contributed by atoms with Crippen molar-refractivity contribution < 1.29 is 4.79 Å². The Hall–Kier alpha value is -1.74. The van der Waals surface area contributed by atoms with Crippen molar-refractivity contribution in [3.05, 3.63) is 59.2 Å². The maximum absolute atomic E-state index is 11.9. The monoisotopic (exact) mass is 285 g/mol. The number of thioether (sulfide) groups is 1. The van der Waals surface area contributed by atoms with E-state index in [1.807, 2.05) is 31.2 Å². The van der Waals surface area contributed by atoms with Crippen molar-refractivity contribution in [2.45, 2.75) is 25.7 Å². The van der Waals surface area contributed by atoms with Crippen LogP contribution in [0.1, 0.15) is 16.7 Å². The summed E-state index contributed by atoms with van der Waals surface area (Å²) in [4.78, 5) is 13.0. The standard InChI is InChI=1S/C17H19NOS/c1-12-5-4-6-15(9-12)18-17(19)11-20-16-8-7-13(2)14(3)10-16/h4-10H,11H2,1-3H3,(H,18,19). The van der Waals surface area contributed by atoms with Crippen LogP contribution in [-0.4, -0.2) is 11.7 Å². The average molecular weight is 285 g/mol. The van der Waals surface area contributed by atoms with Crippen LogP contribution in [0, 0.1) is 20.8 Å². The molecule has 0 heterocycles. The van der Waals surface area contributed by atoms with Gasteiger partial charge in [-0.15, -0.1) is 11.8 Å². The van der Waals surface area contributed by atoms with Gasteiger partial charge < -0.3 is 5.32 Å². The van der Waals surface area contributed by atoms with E-state index < -0.39 is 0 Å². The Morgan fingerprint density at radius 3 is 2.55 bits per heavy atom. The van der Waals surface area contributed by atoms with Crippen LogP contribution in [0.3, 0.4) is 0 Å². The molecule has 104 valence electrons. The number of amides is 1. The lowest BCUT2D eigenvalue weighted by molar-refractivity contribution is -0.113. The molecular formula is C17H19NOS. The minimum atomic E-state index is 0.0267. The zero-order chi connectivity index (χ0) is 14.5. The molecule has 2 nitrogen and oxygen atoms in total. The number of benzene rings is 2. The molecule has 0 bridgehead atoms. The van der Waals surface area contributed by atoms with Crippen molar-refractivity contribution in [1.82, 2.24) is 0 Å². The Morgan fingerprint density at radius 2 is 1.85 bits per heavy atom. The molecule has 0 aromatic heterocycles. The number of carbonyl (C=O) groups excluding carboxylic acids is 1. The van der Waals surface area contributed by atoms with Crippen molar-refractivity contribution in [2.24, 2.45) is 0 Å². The smallest absolute Gasteiger partial charge is 0.234 e. The fourth-order valence-corrected chi connectivity index (χ4v) is 2.67. The second-order valence-electron chi connectivity index (χ2n) is 4.95. The summed E-state index contributed by atoms with van der Waals surface area (Å²) in [6.45, 7) is 6.19. The summed E-state index contributed by atoms with van der Waals surface area (Å²) in [5.41, 5.74) is 4.54. The average Bonchev–Trinajstić information content (AvgIpc) is 2.40. The number of aryl methyl sites for hydroxylation is 3. The maximum Gasteiger partial charge on any atom is 0.234 e. The first-order valence-electron chi connectivity index (χ1n) is 6.61. The number of nitrogens with one attached hydrogen (secondary N) is 1. The minimum absolute atomic E-state index is 0.0267. The van der Waals surface area contributed by atoms with Gasteiger partial charge in [-0.05, 0) is 61.7 Å². The molecule has 1 N–H and O–H groups in total. The fourth-order valence-electron chi connectivity index (χ4n) is 1.87. The van der Waals surface area contributed by atoms with E-state index in [0.29, 0.717) is 5.75 Å². The normalized spacial score (nSPS) is 10.3. The Bertz CT molecular complexity index is 622. The summed E-state index contributed by atoms with van der Waals surface area (Å²) in [7, 11) is 0. The van der Waals surface area contributed by atoms with Crippen molar-refractivity contribution in [2.75, 3.05) is 11.1 Å². The largest absolute Gasteiger partial charge is 0.325 e. The van der Waals surface area contributed by atoms with E-state index in [9.17, 15) is 4.79 Å². The van der Waals surface area contributed by atoms with E-state index in [2.05, 4.69) is 37.4 Å². The summed E-state index contributed by atoms with van der Waals surface area (Å²) >= 11 is 1.56. The number of hydrogen-bond acceptors (Lipinski definition) is 2. The molecule has 0 atom stereocenters. The van der Waals surface area contributed by atoms with Gasteiger partial charge in [0.15, 0.2) is 0 Å². The minimum Gasteiger partial charge on any atom is -0.325 e. The Morgan fingerprint density at radius 1 is 1.05 bits per heavy atom. The van der Waals surface area contributed by atoms with Gasteiger partial charge in [0.1, 0.15) is 0 Å². The molecule has 0 saturated carbocycles. The SMILES string of the molecule is Cc1cccc(NC(=O)CSc2ccc(C)c(C)c2)c1. The number of anilines is 1. The topological polar surface area (TPSA) is 29.1 Å². The molecule has 3 heteroatoms. The summed E-state index contributed by atoms with van der Waals surface area (Å²) < 4.78 is 0. The van der Waals surface area contributed by atoms with E-state index in [4.69, 9.17) is 0 Å². The summed E-state index contributed by atoms with van der Waals surface area (Å²) in [5.74, 6) is 0.454. The van der Waals surface area contributed by atoms with Crippen molar-refractivity contribution in [3.63, 3.8) is 0 Å². The van der Waals surface area contributed by atoms with Gasteiger partial charge in [-0.25, -0.2) is 0 Å². The molecule has 0 fully saturated rings. The van der Waals surface area contributed by atoms with Gasteiger partial charge in [0.2, 0.25) is 5.91 Å². The van der Waals surface area contributed by atoms with Crippen LogP contribution in [0.4, 0.5) is 5.69 Å². The molecule has 0 aliphatic heterocycles. The van der Waals surface area contributed by atoms with Crippen LogP contribution in [0.2, 0.25) is 0 Å². The predicted molar refractivity (Wildman–Crippen MR) is 86.4 cm³/mol. The molecule has 2 rings (SSSR count). The van der Waals surface area contributed by atoms with E-state index in [1.165, 1.54) is 11.1 Å². The van der Waals surface area contributed by atoms with Crippen LogP contribution >= 0.6 is 11.8 Å². The molecule has 0 aliphatic rings. The highest BCUT2D eigenvalue weighted by molar-refractivity contribution is 8.00. The first kappa shape index (κ1) is 14.7.